The molecule has 37 heavy (non-hydrogen) atoms. The van der Waals surface area contributed by atoms with E-state index in [-0.39, 0.29) is 40.2 Å². The molecule has 0 bridgehead atoms. The van der Waals surface area contributed by atoms with E-state index in [1.165, 1.54) is 16.7 Å². The van der Waals surface area contributed by atoms with Gasteiger partial charge in [0.25, 0.3) is 0 Å². The van der Waals surface area contributed by atoms with E-state index in [1.807, 2.05) is 13.0 Å². The molecule has 0 saturated carbocycles. The van der Waals surface area contributed by atoms with E-state index in [9.17, 15) is 26.9 Å². The molecular weight excluding hydrogens is 507 g/mol. The molecule has 0 amide bonds. The summed E-state index contributed by atoms with van der Waals surface area (Å²) in [4.78, 5) is 15.5. The molecule has 0 radical (unpaired) electrons. The Labute approximate surface area is 213 Å². The molecule has 2 N–H and O–H groups in total. The number of pyridine rings is 1. The highest BCUT2D eigenvalue weighted by atomic mass is 32.2. The lowest BCUT2D eigenvalue weighted by atomic mass is 9.89. The van der Waals surface area contributed by atoms with Crippen molar-refractivity contribution in [2.45, 2.75) is 57.5 Å². The molecule has 13 heteroatoms. The maximum absolute atomic E-state index is 13.3. The third-order valence-corrected chi connectivity index (χ3v) is 9.08. The van der Waals surface area contributed by atoms with Gasteiger partial charge in [0, 0.05) is 42.5 Å². The maximum Gasteiger partial charge on any atom is 0.417 e. The Morgan fingerprint density at radius 3 is 2.54 bits per heavy atom. The first-order chi connectivity index (χ1) is 17.5. The Kier molecular flexibility index (Phi) is 7.43. The summed E-state index contributed by atoms with van der Waals surface area (Å²) in [5, 5.41) is 12.6. The number of nitriles is 1. The number of nitrogens with zero attached hydrogens (tertiary/aromatic N) is 5. The third-order valence-electron chi connectivity index (χ3n) is 6.80. The van der Waals surface area contributed by atoms with Crippen molar-refractivity contribution in [2.24, 2.45) is 5.92 Å². The summed E-state index contributed by atoms with van der Waals surface area (Å²) in [5.74, 6) is 0.422. The van der Waals surface area contributed by atoms with Gasteiger partial charge in [-0.1, -0.05) is 6.92 Å². The lowest BCUT2D eigenvalue weighted by Gasteiger charge is -2.36. The number of halogens is 3. The van der Waals surface area contributed by atoms with E-state index in [4.69, 9.17) is 0 Å². The second kappa shape index (κ2) is 10.3. The molecule has 0 spiro atoms. The van der Waals surface area contributed by atoms with Crippen LogP contribution in [0.3, 0.4) is 0 Å². The largest absolute Gasteiger partial charge is 0.417 e. The Balaban J connectivity index is 1.60. The lowest BCUT2D eigenvalue weighted by molar-refractivity contribution is -0.137. The number of nitrogens with one attached hydrogen (secondary N) is 2. The molecule has 1 unspecified atom stereocenters. The van der Waals surface area contributed by atoms with E-state index in [2.05, 4.69) is 25.3 Å². The van der Waals surface area contributed by atoms with Crippen molar-refractivity contribution in [1.82, 2.24) is 24.2 Å². The molecule has 1 atom stereocenters. The van der Waals surface area contributed by atoms with Crippen LogP contribution in [0, 0.1) is 17.2 Å². The minimum absolute atomic E-state index is 0.0499. The molecule has 3 aromatic rings. The molecule has 9 nitrogen and oxygen atoms in total. The van der Waals surface area contributed by atoms with Crippen molar-refractivity contribution in [3.8, 4) is 17.3 Å². The van der Waals surface area contributed by atoms with Crippen molar-refractivity contribution in [2.75, 3.05) is 18.4 Å². The molecule has 0 aliphatic carbocycles. The van der Waals surface area contributed by atoms with Gasteiger partial charge in [-0.15, -0.1) is 0 Å². The van der Waals surface area contributed by atoms with Crippen molar-refractivity contribution < 1.29 is 21.6 Å². The Hall–Kier alpha value is -3.24. The van der Waals surface area contributed by atoms with Gasteiger partial charge < -0.3 is 10.3 Å². The highest BCUT2D eigenvalue weighted by molar-refractivity contribution is 7.89. The molecule has 0 aromatic carbocycles. The molecule has 1 aliphatic heterocycles. The zero-order chi connectivity index (χ0) is 27.0. The summed E-state index contributed by atoms with van der Waals surface area (Å²) in [6, 6.07) is 2.94. The second-order valence-electron chi connectivity index (χ2n) is 9.38. The van der Waals surface area contributed by atoms with Crippen LogP contribution in [0.4, 0.5) is 19.1 Å². The average molecular weight is 536 g/mol. The van der Waals surface area contributed by atoms with Crippen LogP contribution in [0.25, 0.3) is 22.3 Å². The predicted molar refractivity (Wildman–Crippen MR) is 133 cm³/mol. The van der Waals surface area contributed by atoms with Crippen LogP contribution >= 0.6 is 0 Å². The normalized spacial score (nSPS) is 16.7. The summed E-state index contributed by atoms with van der Waals surface area (Å²) in [7, 11) is -3.30. The zero-order valence-electron chi connectivity index (χ0n) is 20.7. The summed E-state index contributed by atoms with van der Waals surface area (Å²) in [5.41, 5.74) is -0.0294. The Bertz CT molecular complexity index is 1420. The number of anilines is 1. The van der Waals surface area contributed by atoms with Crippen LogP contribution in [0.5, 0.6) is 0 Å². The molecule has 1 fully saturated rings. The van der Waals surface area contributed by atoms with E-state index >= 15 is 0 Å². The minimum atomic E-state index is -4.56. The van der Waals surface area contributed by atoms with Gasteiger partial charge in [-0.2, -0.15) is 18.4 Å². The number of H-pyrrole nitrogens is 1. The van der Waals surface area contributed by atoms with Gasteiger partial charge in [-0.05, 0) is 45.1 Å². The first kappa shape index (κ1) is 26.8. The summed E-state index contributed by atoms with van der Waals surface area (Å²) < 4.78 is 66.4. The number of rotatable bonds is 7. The SMILES string of the molecule is CCC(Nc1ncc(C#N)c(-c2c[nH]c3ncc(C(F)(F)F)cc23)n1)C1CCN(S(=O)(=O)C(C)C)CC1. The minimum Gasteiger partial charge on any atom is -0.351 e. The first-order valence-electron chi connectivity index (χ1n) is 12.0. The first-order valence-corrected chi connectivity index (χ1v) is 13.5. The summed E-state index contributed by atoms with van der Waals surface area (Å²) in [6.07, 6.45) is 1.09. The van der Waals surface area contributed by atoms with Crippen molar-refractivity contribution in [3.63, 3.8) is 0 Å². The van der Waals surface area contributed by atoms with Crippen molar-refractivity contribution in [3.05, 3.63) is 35.8 Å². The fourth-order valence-electron chi connectivity index (χ4n) is 4.64. The lowest BCUT2D eigenvalue weighted by Crippen LogP contribution is -2.45. The van der Waals surface area contributed by atoms with Gasteiger partial charge in [0.15, 0.2) is 0 Å². The van der Waals surface area contributed by atoms with Crippen LogP contribution < -0.4 is 5.32 Å². The third kappa shape index (κ3) is 5.40. The number of piperidine rings is 1. The van der Waals surface area contributed by atoms with E-state index in [0.717, 1.165) is 18.7 Å². The molecular formula is C24H28F3N7O2S. The number of fused-ring (bicyclic) bond motifs is 1. The fourth-order valence-corrected chi connectivity index (χ4v) is 5.96. The van der Waals surface area contributed by atoms with Crippen LogP contribution in [0.1, 0.15) is 51.2 Å². The Morgan fingerprint density at radius 2 is 1.95 bits per heavy atom. The second-order valence-corrected chi connectivity index (χ2v) is 11.9. The molecule has 1 saturated heterocycles. The molecule has 3 aromatic heterocycles. The van der Waals surface area contributed by atoms with Gasteiger partial charge in [-0.3, -0.25) is 0 Å². The average Bonchev–Trinajstić information content (AvgIpc) is 3.30. The zero-order valence-corrected chi connectivity index (χ0v) is 21.5. The van der Waals surface area contributed by atoms with Gasteiger partial charge >= 0.3 is 6.18 Å². The topological polar surface area (TPSA) is 128 Å². The van der Waals surface area contributed by atoms with Gasteiger partial charge in [0.05, 0.1) is 28.3 Å². The number of aromatic amines is 1. The number of aromatic nitrogens is 4. The number of hydrogen-bond acceptors (Lipinski definition) is 7. The van der Waals surface area contributed by atoms with Crippen LogP contribution in [-0.4, -0.2) is 57.0 Å². The molecule has 198 valence electrons. The van der Waals surface area contributed by atoms with Gasteiger partial charge in [0.1, 0.15) is 11.7 Å². The maximum atomic E-state index is 13.3. The summed E-state index contributed by atoms with van der Waals surface area (Å²) in [6.45, 7) is 6.22. The predicted octanol–water partition coefficient (Wildman–Crippen LogP) is 4.55. The highest BCUT2D eigenvalue weighted by Gasteiger charge is 2.34. The number of hydrogen-bond donors (Lipinski definition) is 2. The standard InChI is InChI=1S/C24H28F3N7O2S/c1-4-20(15-5-7-34(8-6-15)37(35,36)14(2)3)32-23-31-11-16(10-28)21(33-23)19-13-30-22-18(19)9-17(12-29-22)24(25,26)27/h9,11-15,20H,4-8H2,1-3H3,(H,29,30)(H,31,32,33). The molecule has 4 rings (SSSR count). The van der Waals surface area contributed by atoms with E-state index in [0.29, 0.717) is 31.5 Å². The van der Waals surface area contributed by atoms with Gasteiger partial charge in [0.2, 0.25) is 16.0 Å². The van der Waals surface area contributed by atoms with Crippen LogP contribution in [-0.2, 0) is 16.2 Å². The van der Waals surface area contributed by atoms with Gasteiger partial charge in [-0.25, -0.2) is 27.7 Å². The number of sulfonamides is 1. The van der Waals surface area contributed by atoms with Crippen molar-refractivity contribution >= 4 is 27.0 Å². The highest BCUT2D eigenvalue weighted by Crippen LogP contribution is 2.35. The monoisotopic (exact) mass is 535 g/mol. The number of alkyl halides is 3. The van der Waals surface area contributed by atoms with E-state index < -0.39 is 27.0 Å². The smallest absolute Gasteiger partial charge is 0.351 e. The van der Waals surface area contributed by atoms with Crippen molar-refractivity contribution in [1.29, 1.82) is 5.26 Å². The Morgan fingerprint density at radius 1 is 1.24 bits per heavy atom. The fraction of sp³-hybridized carbons (Fsp3) is 0.500. The quantitative estimate of drug-likeness (QED) is 0.454. The molecule has 4 heterocycles. The van der Waals surface area contributed by atoms with Crippen LogP contribution in [0.2, 0.25) is 0 Å². The summed E-state index contributed by atoms with van der Waals surface area (Å²) >= 11 is 0. The van der Waals surface area contributed by atoms with Crippen LogP contribution in [0.15, 0.2) is 24.7 Å². The van der Waals surface area contributed by atoms with E-state index in [1.54, 1.807) is 13.8 Å². The molecule has 1 aliphatic rings.